The summed E-state index contributed by atoms with van der Waals surface area (Å²) in [5.41, 5.74) is 1.20. The number of amides is 2. The number of ether oxygens (including phenoxy) is 1. The SMILES string of the molecule is Cc1ccc(CNC(=O)N2CCC(OCc3ccccc3)CC2)s1. The van der Waals surface area contributed by atoms with Crippen LogP contribution in [0.25, 0.3) is 0 Å². The van der Waals surface area contributed by atoms with Gasteiger partial charge in [-0.05, 0) is 37.5 Å². The number of nitrogens with zero attached hydrogens (tertiary/aromatic N) is 1. The van der Waals surface area contributed by atoms with Gasteiger partial charge in [0, 0.05) is 22.8 Å². The molecule has 0 unspecified atom stereocenters. The van der Waals surface area contributed by atoms with E-state index in [0.717, 1.165) is 25.9 Å². The van der Waals surface area contributed by atoms with Crippen LogP contribution in [0.2, 0.25) is 0 Å². The molecular weight excluding hydrogens is 320 g/mol. The molecule has 1 N–H and O–H groups in total. The first-order valence-corrected chi connectivity index (χ1v) is 9.26. The summed E-state index contributed by atoms with van der Waals surface area (Å²) in [4.78, 5) is 16.6. The molecule has 0 atom stereocenters. The molecule has 2 heterocycles. The van der Waals surface area contributed by atoms with Crippen molar-refractivity contribution in [1.82, 2.24) is 10.2 Å². The zero-order chi connectivity index (χ0) is 16.8. The zero-order valence-electron chi connectivity index (χ0n) is 14.0. The molecule has 5 heteroatoms. The second-order valence-electron chi connectivity index (χ2n) is 6.15. The molecule has 2 amide bonds. The van der Waals surface area contributed by atoms with Gasteiger partial charge in [-0.1, -0.05) is 30.3 Å². The average molecular weight is 344 g/mol. The Kier molecular flexibility index (Phi) is 5.88. The van der Waals surface area contributed by atoms with E-state index in [1.807, 2.05) is 23.1 Å². The van der Waals surface area contributed by atoms with Gasteiger partial charge in [-0.2, -0.15) is 0 Å². The number of urea groups is 1. The van der Waals surface area contributed by atoms with E-state index >= 15 is 0 Å². The van der Waals surface area contributed by atoms with Crippen LogP contribution in [0.5, 0.6) is 0 Å². The molecule has 1 fully saturated rings. The van der Waals surface area contributed by atoms with Gasteiger partial charge in [0.05, 0.1) is 19.3 Å². The number of rotatable bonds is 5. The third kappa shape index (κ3) is 4.82. The van der Waals surface area contributed by atoms with Crippen LogP contribution in [-0.4, -0.2) is 30.1 Å². The van der Waals surface area contributed by atoms with Crippen molar-refractivity contribution < 1.29 is 9.53 Å². The van der Waals surface area contributed by atoms with Crippen molar-refractivity contribution in [3.8, 4) is 0 Å². The van der Waals surface area contributed by atoms with Gasteiger partial charge in [-0.3, -0.25) is 0 Å². The van der Waals surface area contributed by atoms with Crippen molar-refractivity contribution >= 4 is 17.4 Å². The second-order valence-corrected chi connectivity index (χ2v) is 7.53. The van der Waals surface area contributed by atoms with Gasteiger partial charge in [0.15, 0.2) is 0 Å². The number of carbonyl (C=O) groups is 1. The number of aryl methyl sites for hydroxylation is 1. The minimum Gasteiger partial charge on any atom is -0.373 e. The minimum atomic E-state index is 0.0302. The Bertz CT molecular complexity index is 648. The summed E-state index contributed by atoms with van der Waals surface area (Å²) < 4.78 is 5.97. The van der Waals surface area contributed by atoms with Gasteiger partial charge < -0.3 is 15.0 Å². The topological polar surface area (TPSA) is 41.6 Å². The smallest absolute Gasteiger partial charge is 0.317 e. The molecule has 4 nitrogen and oxygen atoms in total. The van der Waals surface area contributed by atoms with Crippen molar-refractivity contribution in [2.75, 3.05) is 13.1 Å². The highest BCUT2D eigenvalue weighted by atomic mass is 32.1. The maximum atomic E-state index is 12.2. The Balaban J connectivity index is 1.37. The van der Waals surface area contributed by atoms with Crippen LogP contribution in [0.4, 0.5) is 4.79 Å². The third-order valence-corrected chi connectivity index (χ3v) is 5.27. The predicted octanol–water partition coefficient (Wildman–Crippen LogP) is 3.95. The normalized spacial score (nSPS) is 15.5. The van der Waals surface area contributed by atoms with Crippen LogP contribution < -0.4 is 5.32 Å². The molecule has 0 spiro atoms. The predicted molar refractivity (Wildman–Crippen MR) is 97.1 cm³/mol. The van der Waals surface area contributed by atoms with E-state index in [9.17, 15) is 4.79 Å². The molecule has 24 heavy (non-hydrogen) atoms. The van der Waals surface area contributed by atoms with Crippen LogP contribution in [0.3, 0.4) is 0 Å². The average Bonchev–Trinajstić information content (AvgIpc) is 3.04. The molecule has 1 aromatic heterocycles. The van der Waals surface area contributed by atoms with E-state index in [0.29, 0.717) is 13.2 Å². The summed E-state index contributed by atoms with van der Waals surface area (Å²) >= 11 is 1.73. The molecule has 3 rings (SSSR count). The lowest BCUT2D eigenvalue weighted by atomic mass is 10.1. The van der Waals surface area contributed by atoms with Gasteiger partial charge in [0.25, 0.3) is 0 Å². The van der Waals surface area contributed by atoms with Gasteiger partial charge in [0.2, 0.25) is 0 Å². The van der Waals surface area contributed by atoms with Gasteiger partial charge in [0.1, 0.15) is 0 Å². The number of carbonyl (C=O) groups excluding carboxylic acids is 1. The number of nitrogens with one attached hydrogen (secondary N) is 1. The standard InChI is InChI=1S/C19H24N2O2S/c1-15-7-8-18(24-15)13-20-19(22)21-11-9-17(10-12-21)23-14-16-5-3-2-4-6-16/h2-8,17H,9-14H2,1H3,(H,20,22). The number of benzene rings is 1. The molecular formula is C19H24N2O2S. The number of piperidine rings is 1. The number of hydrogen-bond acceptors (Lipinski definition) is 3. The lowest BCUT2D eigenvalue weighted by molar-refractivity contribution is 0.00445. The molecule has 128 valence electrons. The summed E-state index contributed by atoms with van der Waals surface area (Å²) in [6.45, 7) is 4.86. The Morgan fingerprint density at radius 1 is 1.21 bits per heavy atom. The van der Waals surface area contributed by atoms with Crippen LogP contribution >= 0.6 is 11.3 Å². The Hall–Kier alpha value is -1.85. The Morgan fingerprint density at radius 2 is 1.96 bits per heavy atom. The highest BCUT2D eigenvalue weighted by molar-refractivity contribution is 7.11. The molecule has 0 aliphatic carbocycles. The van der Waals surface area contributed by atoms with E-state index in [-0.39, 0.29) is 12.1 Å². The maximum absolute atomic E-state index is 12.2. The van der Waals surface area contributed by atoms with E-state index < -0.39 is 0 Å². The molecule has 1 aliphatic heterocycles. The molecule has 1 aromatic carbocycles. The fourth-order valence-corrected chi connectivity index (χ4v) is 3.70. The van der Waals surface area contributed by atoms with Crippen LogP contribution in [0.15, 0.2) is 42.5 Å². The quantitative estimate of drug-likeness (QED) is 0.892. The van der Waals surface area contributed by atoms with Crippen LogP contribution in [0.1, 0.15) is 28.2 Å². The molecule has 0 radical (unpaired) electrons. The van der Waals surface area contributed by atoms with Gasteiger partial charge in [-0.25, -0.2) is 4.79 Å². The summed E-state index contributed by atoms with van der Waals surface area (Å²) in [6, 6.07) is 14.4. The zero-order valence-corrected chi connectivity index (χ0v) is 14.8. The van der Waals surface area contributed by atoms with Crippen LogP contribution in [0, 0.1) is 6.92 Å². The molecule has 2 aromatic rings. The van der Waals surface area contributed by atoms with Crippen molar-refractivity contribution in [1.29, 1.82) is 0 Å². The van der Waals surface area contributed by atoms with Gasteiger partial charge in [-0.15, -0.1) is 11.3 Å². The number of thiophene rings is 1. The van der Waals surface area contributed by atoms with E-state index in [2.05, 4.69) is 36.5 Å². The number of likely N-dealkylation sites (tertiary alicyclic amines) is 1. The van der Waals surface area contributed by atoms with Crippen molar-refractivity contribution in [2.24, 2.45) is 0 Å². The Morgan fingerprint density at radius 3 is 2.62 bits per heavy atom. The summed E-state index contributed by atoms with van der Waals surface area (Å²) in [6.07, 6.45) is 2.05. The largest absolute Gasteiger partial charge is 0.373 e. The number of hydrogen-bond donors (Lipinski definition) is 1. The summed E-state index contributed by atoms with van der Waals surface area (Å²) in [5.74, 6) is 0. The lowest BCUT2D eigenvalue weighted by Gasteiger charge is -2.32. The van der Waals surface area contributed by atoms with Crippen LogP contribution in [-0.2, 0) is 17.9 Å². The van der Waals surface area contributed by atoms with Crippen molar-refractivity contribution in [3.63, 3.8) is 0 Å². The second kappa shape index (κ2) is 8.31. The first kappa shape index (κ1) is 17.0. The van der Waals surface area contributed by atoms with E-state index in [1.165, 1.54) is 15.3 Å². The monoisotopic (exact) mass is 344 g/mol. The lowest BCUT2D eigenvalue weighted by Crippen LogP contribution is -2.45. The maximum Gasteiger partial charge on any atom is 0.317 e. The fraction of sp³-hybridized carbons (Fsp3) is 0.421. The summed E-state index contributed by atoms with van der Waals surface area (Å²) in [5, 5.41) is 3.01. The molecule has 1 aliphatic rings. The van der Waals surface area contributed by atoms with Crippen molar-refractivity contribution in [2.45, 2.75) is 39.0 Å². The molecule has 0 saturated carbocycles. The minimum absolute atomic E-state index is 0.0302. The summed E-state index contributed by atoms with van der Waals surface area (Å²) in [7, 11) is 0. The first-order valence-electron chi connectivity index (χ1n) is 8.44. The highest BCUT2D eigenvalue weighted by Crippen LogP contribution is 2.17. The highest BCUT2D eigenvalue weighted by Gasteiger charge is 2.23. The van der Waals surface area contributed by atoms with E-state index in [4.69, 9.17) is 4.74 Å². The van der Waals surface area contributed by atoms with E-state index in [1.54, 1.807) is 11.3 Å². The fourth-order valence-electron chi connectivity index (χ4n) is 2.87. The molecule has 1 saturated heterocycles. The van der Waals surface area contributed by atoms with Crippen molar-refractivity contribution in [3.05, 3.63) is 57.8 Å². The Labute approximate surface area is 147 Å². The third-order valence-electron chi connectivity index (χ3n) is 4.27. The molecule has 0 bridgehead atoms. The first-order chi connectivity index (χ1) is 11.7. The van der Waals surface area contributed by atoms with Gasteiger partial charge >= 0.3 is 6.03 Å².